The van der Waals surface area contributed by atoms with Crippen molar-refractivity contribution in [2.45, 2.75) is 6.92 Å². The summed E-state index contributed by atoms with van der Waals surface area (Å²) in [6.45, 7) is 1.47. The van der Waals surface area contributed by atoms with Gasteiger partial charge in [0.2, 0.25) is 5.91 Å². The van der Waals surface area contributed by atoms with Crippen LogP contribution in [0, 0.1) is 0 Å². The predicted octanol–water partition coefficient (Wildman–Crippen LogP) is 4.70. The number of halogens is 2. The van der Waals surface area contributed by atoms with Crippen LogP contribution in [0.25, 0.3) is 0 Å². The Bertz CT molecular complexity index is 651. The predicted molar refractivity (Wildman–Crippen MR) is 84.5 cm³/mol. The zero-order valence-electron chi connectivity index (χ0n) is 10.7. The molecule has 2 aromatic carbocycles. The SMILES string of the molecule is CC(=O)Nc1ccc(N=Cc2ccc(Cl)cc2Cl)cc1. The van der Waals surface area contributed by atoms with Crippen molar-refractivity contribution < 1.29 is 4.79 Å². The lowest BCUT2D eigenvalue weighted by molar-refractivity contribution is -0.114. The van der Waals surface area contributed by atoms with E-state index in [1.165, 1.54) is 6.92 Å². The number of carbonyl (C=O) groups is 1. The Morgan fingerprint density at radius 1 is 1.15 bits per heavy atom. The van der Waals surface area contributed by atoms with Crippen LogP contribution >= 0.6 is 23.2 Å². The highest BCUT2D eigenvalue weighted by Crippen LogP contribution is 2.21. The van der Waals surface area contributed by atoms with Crippen molar-refractivity contribution in [3.8, 4) is 0 Å². The fourth-order valence-corrected chi connectivity index (χ4v) is 2.04. The molecule has 2 rings (SSSR count). The van der Waals surface area contributed by atoms with Crippen molar-refractivity contribution in [2.75, 3.05) is 5.32 Å². The van der Waals surface area contributed by atoms with Crippen LogP contribution < -0.4 is 5.32 Å². The van der Waals surface area contributed by atoms with Crippen LogP contribution in [0.4, 0.5) is 11.4 Å². The van der Waals surface area contributed by atoms with Gasteiger partial charge in [0.05, 0.1) is 10.7 Å². The number of carbonyl (C=O) groups excluding carboxylic acids is 1. The van der Waals surface area contributed by atoms with Gasteiger partial charge >= 0.3 is 0 Å². The summed E-state index contributed by atoms with van der Waals surface area (Å²) in [6.07, 6.45) is 1.67. The van der Waals surface area contributed by atoms with E-state index in [2.05, 4.69) is 10.3 Å². The summed E-state index contributed by atoms with van der Waals surface area (Å²) >= 11 is 11.9. The van der Waals surface area contributed by atoms with Gasteiger partial charge in [0, 0.05) is 29.4 Å². The second-order valence-corrected chi connectivity index (χ2v) is 5.00. The Morgan fingerprint density at radius 2 is 1.85 bits per heavy atom. The van der Waals surface area contributed by atoms with Crippen LogP contribution in [0.1, 0.15) is 12.5 Å². The summed E-state index contributed by atoms with van der Waals surface area (Å²) in [5.74, 6) is -0.103. The maximum absolute atomic E-state index is 10.9. The highest BCUT2D eigenvalue weighted by atomic mass is 35.5. The first-order valence-corrected chi connectivity index (χ1v) is 6.67. The first-order valence-electron chi connectivity index (χ1n) is 5.91. The third-order valence-electron chi connectivity index (χ3n) is 2.50. The monoisotopic (exact) mass is 306 g/mol. The van der Waals surface area contributed by atoms with Gasteiger partial charge in [-0.1, -0.05) is 29.3 Å². The fourth-order valence-electron chi connectivity index (χ4n) is 1.58. The molecule has 0 unspecified atom stereocenters. The molecule has 20 heavy (non-hydrogen) atoms. The first kappa shape index (κ1) is 14.6. The van der Waals surface area contributed by atoms with Crippen molar-refractivity contribution in [1.29, 1.82) is 0 Å². The average Bonchev–Trinajstić information content (AvgIpc) is 2.39. The van der Waals surface area contributed by atoms with Gasteiger partial charge in [-0.25, -0.2) is 0 Å². The maximum atomic E-state index is 10.9. The minimum atomic E-state index is -0.103. The Morgan fingerprint density at radius 3 is 2.45 bits per heavy atom. The molecule has 0 saturated carbocycles. The number of hydrogen-bond donors (Lipinski definition) is 1. The zero-order valence-corrected chi connectivity index (χ0v) is 12.2. The van der Waals surface area contributed by atoms with Crippen molar-refractivity contribution in [1.82, 2.24) is 0 Å². The van der Waals surface area contributed by atoms with E-state index in [0.717, 1.165) is 16.9 Å². The lowest BCUT2D eigenvalue weighted by Gasteiger charge is -2.02. The van der Waals surface area contributed by atoms with Crippen molar-refractivity contribution in [3.63, 3.8) is 0 Å². The maximum Gasteiger partial charge on any atom is 0.221 e. The summed E-state index contributed by atoms with van der Waals surface area (Å²) in [7, 11) is 0. The lowest BCUT2D eigenvalue weighted by Crippen LogP contribution is -2.04. The molecule has 0 radical (unpaired) electrons. The molecule has 5 heteroatoms. The van der Waals surface area contributed by atoms with Gasteiger partial charge in [0.15, 0.2) is 0 Å². The topological polar surface area (TPSA) is 41.5 Å². The molecule has 0 fully saturated rings. The molecule has 0 aliphatic rings. The number of anilines is 1. The number of aliphatic imine (C=N–C) groups is 1. The van der Waals surface area contributed by atoms with Gasteiger partial charge in [0.25, 0.3) is 0 Å². The Balaban J connectivity index is 2.13. The van der Waals surface area contributed by atoms with Crippen LogP contribution in [-0.2, 0) is 4.79 Å². The van der Waals surface area contributed by atoms with E-state index in [0.29, 0.717) is 10.0 Å². The standard InChI is InChI=1S/C15H12Cl2N2O/c1-10(20)19-14-6-4-13(5-7-14)18-9-11-2-3-12(16)8-15(11)17/h2-9H,1H3,(H,19,20). The minimum Gasteiger partial charge on any atom is -0.326 e. The molecular weight excluding hydrogens is 295 g/mol. The Kier molecular flexibility index (Phi) is 4.77. The number of rotatable bonds is 3. The molecule has 2 aromatic rings. The van der Waals surface area contributed by atoms with Crippen molar-refractivity contribution >= 4 is 46.7 Å². The number of amides is 1. The second-order valence-electron chi connectivity index (χ2n) is 4.15. The van der Waals surface area contributed by atoms with E-state index < -0.39 is 0 Å². The van der Waals surface area contributed by atoms with Crippen molar-refractivity contribution in [2.24, 2.45) is 4.99 Å². The van der Waals surface area contributed by atoms with E-state index in [1.54, 1.807) is 36.5 Å². The van der Waals surface area contributed by atoms with Crippen LogP contribution in [-0.4, -0.2) is 12.1 Å². The van der Waals surface area contributed by atoms with Crippen LogP contribution in [0.2, 0.25) is 10.0 Å². The first-order chi connectivity index (χ1) is 9.54. The van der Waals surface area contributed by atoms with Gasteiger partial charge < -0.3 is 5.32 Å². The van der Waals surface area contributed by atoms with Gasteiger partial charge in [-0.3, -0.25) is 9.79 Å². The van der Waals surface area contributed by atoms with E-state index in [4.69, 9.17) is 23.2 Å². The summed E-state index contributed by atoms with van der Waals surface area (Å²) in [4.78, 5) is 15.2. The van der Waals surface area contributed by atoms with Gasteiger partial charge in [0.1, 0.15) is 0 Å². The van der Waals surface area contributed by atoms with E-state index in [9.17, 15) is 4.79 Å². The molecule has 1 amide bonds. The van der Waals surface area contributed by atoms with Gasteiger partial charge in [-0.15, -0.1) is 0 Å². The number of hydrogen-bond acceptors (Lipinski definition) is 2. The molecule has 0 spiro atoms. The second kappa shape index (κ2) is 6.55. The summed E-state index contributed by atoms with van der Waals surface area (Å²) in [6, 6.07) is 12.4. The fraction of sp³-hybridized carbons (Fsp3) is 0.0667. The smallest absolute Gasteiger partial charge is 0.221 e. The highest BCUT2D eigenvalue weighted by Gasteiger charge is 1.99. The van der Waals surface area contributed by atoms with Gasteiger partial charge in [-0.05, 0) is 36.4 Å². The summed E-state index contributed by atoms with van der Waals surface area (Å²) in [5.41, 5.74) is 2.30. The lowest BCUT2D eigenvalue weighted by atomic mass is 10.2. The number of nitrogens with one attached hydrogen (secondary N) is 1. The van der Waals surface area contributed by atoms with Crippen molar-refractivity contribution in [3.05, 3.63) is 58.1 Å². The molecule has 0 heterocycles. The Hall–Kier alpha value is -1.84. The van der Waals surface area contributed by atoms with Gasteiger partial charge in [-0.2, -0.15) is 0 Å². The molecule has 0 aliphatic carbocycles. The largest absolute Gasteiger partial charge is 0.326 e. The molecule has 0 bridgehead atoms. The van der Waals surface area contributed by atoms with E-state index >= 15 is 0 Å². The van der Waals surface area contributed by atoms with E-state index in [1.807, 2.05) is 12.1 Å². The van der Waals surface area contributed by atoms with Crippen LogP contribution in [0.3, 0.4) is 0 Å². The molecule has 1 N–H and O–H groups in total. The zero-order chi connectivity index (χ0) is 14.5. The number of benzene rings is 2. The minimum absolute atomic E-state index is 0.103. The number of nitrogens with zero attached hydrogens (tertiary/aromatic N) is 1. The summed E-state index contributed by atoms with van der Waals surface area (Å²) < 4.78 is 0. The molecule has 3 nitrogen and oxygen atoms in total. The van der Waals surface area contributed by atoms with E-state index in [-0.39, 0.29) is 5.91 Å². The van der Waals surface area contributed by atoms with Crippen LogP contribution in [0.5, 0.6) is 0 Å². The highest BCUT2D eigenvalue weighted by molar-refractivity contribution is 6.36. The summed E-state index contributed by atoms with van der Waals surface area (Å²) in [5, 5.41) is 3.84. The molecule has 0 aromatic heterocycles. The molecule has 0 saturated heterocycles. The molecule has 0 atom stereocenters. The normalized spacial score (nSPS) is 10.8. The third kappa shape index (κ3) is 4.08. The quantitative estimate of drug-likeness (QED) is 0.820. The average molecular weight is 307 g/mol. The molecule has 102 valence electrons. The third-order valence-corrected chi connectivity index (χ3v) is 3.07. The Labute approximate surface area is 127 Å². The molecular formula is C15H12Cl2N2O. The van der Waals surface area contributed by atoms with Crippen LogP contribution in [0.15, 0.2) is 47.5 Å². The molecule has 0 aliphatic heterocycles.